The number of ether oxygens (including phenoxy) is 1. The van der Waals surface area contributed by atoms with Gasteiger partial charge in [0.1, 0.15) is 11.0 Å². The summed E-state index contributed by atoms with van der Waals surface area (Å²) in [5.74, 6) is 1.26. The molecule has 0 fully saturated rings. The number of benzene rings is 2. The highest BCUT2D eigenvalue weighted by Gasteiger charge is 2.26. The monoisotopic (exact) mass is 457 g/mol. The summed E-state index contributed by atoms with van der Waals surface area (Å²) >= 11 is 1.35. The summed E-state index contributed by atoms with van der Waals surface area (Å²) in [4.78, 5) is 17.4. The Kier molecular flexibility index (Phi) is 7.16. The number of carbonyl (C=O) groups is 1. The van der Waals surface area contributed by atoms with Crippen molar-refractivity contribution in [1.29, 1.82) is 0 Å². The topological polar surface area (TPSA) is 81.9 Å². The second-order valence-electron chi connectivity index (χ2n) is 7.07. The summed E-state index contributed by atoms with van der Waals surface area (Å²) in [6.07, 6.45) is 5.21. The summed E-state index contributed by atoms with van der Waals surface area (Å²) in [6, 6.07) is 20.6. The van der Waals surface area contributed by atoms with Crippen LogP contribution in [-0.4, -0.2) is 32.8 Å². The smallest absolute Gasteiger partial charge is 0.242 e. The first-order valence-corrected chi connectivity index (χ1v) is 11.2. The van der Waals surface area contributed by atoms with Gasteiger partial charge in [0.05, 0.1) is 7.11 Å². The van der Waals surface area contributed by atoms with Crippen LogP contribution in [0.25, 0.3) is 11.4 Å². The maximum absolute atomic E-state index is 13.4. The zero-order valence-electron chi connectivity index (χ0n) is 18.1. The van der Waals surface area contributed by atoms with Crippen molar-refractivity contribution < 1.29 is 9.53 Å². The first-order chi connectivity index (χ1) is 16.2. The van der Waals surface area contributed by atoms with Crippen LogP contribution in [-0.2, 0) is 11.3 Å². The molecule has 4 aromatic rings. The van der Waals surface area contributed by atoms with E-state index in [-0.39, 0.29) is 5.91 Å². The molecule has 0 saturated heterocycles. The van der Waals surface area contributed by atoms with E-state index in [1.807, 2.05) is 71.3 Å². The number of carbonyl (C=O) groups excluding carboxylic acids is 1. The number of aromatic nitrogens is 4. The number of allylic oxidation sites excluding steroid dienone is 1. The van der Waals surface area contributed by atoms with Crippen LogP contribution in [0, 0.1) is 0 Å². The van der Waals surface area contributed by atoms with Gasteiger partial charge < -0.3 is 10.1 Å². The number of thioether (sulfide) groups is 1. The lowest BCUT2D eigenvalue weighted by molar-refractivity contribution is -0.115. The second kappa shape index (κ2) is 10.6. The molecule has 1 amide bonds. The van der Waals surface area contributed by atoms with Crippen molar-refractivity contribution in [1.82, 2.24) is 19.7 Å². The molecule has 4 rings (SSSR count). The first-order valence-electron chi connectivity index (χ1n) is 10.3. The highest BCUT2D eigenvalue weighted by atomic mass is 32.2. The minimum absolute atomic E-state index is 0.157. The van der Waals surface area contributed by atoms with Crippen molar-refractivity contribution in [3.05, 3.63) is 97.3 Å². The number of hydrogen-bond acceptors (Lipinski definition) is 6. The minimum Gasteiger partial charge on any atom is -0.497 e. The largest absolute Gasteiger partial charge is 0.497 e. The molecule has 33 heavy (non-hydrogen) atoms. The molecule has 8 heteroatoms. The fourth-order valence-corrected chi connectivity index (χ4v) is 4.32. The van der Waals surface area contributed by atoms with Gasteiger partial charge in [0, 0.05) is 30.2 Å². The molecule has 1 N–H and O–H groups in total. The van der Waals surface area contributed by atoms with Gasteiger partial charge in [0.2, 0.25) is 5.91 Å². The van der Waals surface area contributed by atoms with Crippen molar-refractivity contribution in [3.8, 4) is 17.1 Å². The number of hydrogen-bond donors (Lipinski definition) is 1. The van der Waals surface area contributed by atoms with Gasteiger partial charge in [0.25, 0.3) is 0 Å². The van der Waals surface area contributed by atoms with Gasteiger partial charge in [-0.15, -0.1) is 16.8 Å². The zero-order valence-corrected chi connectivity index (χ0v) is 18.9. The van der Waals surface area contributed by atoms with E-state index < -0.39 is 5.25 Å². The fourth-order valence-electron chi connectivity index (χ4n) is 3.27. The predicted octanol–water partition coefficient (Wildman–Crippen LogP) is 5.01. The van der Waals surface area contributed by atoms with Crippen molar-refractivity contribution >= 4 is 23.4 Å². The van der Waals surface area contributed by atoms with Gasteiger partial charge in [-0.1, -0.05) is 48.2 Å². The Morgan fingerprint density at radius 2 is 1.82 bits per heavy atom. The molecule has 0 saturated carbocycles. The average molecular weight is 458 g/mol. The summed E-state index contributed by atoms with van der Waals surface area (Å²) in [6.45, 7) is 4.37. The molecule has 0 unspecified atom stereocenters. The number of nitrogens with one attached hydrogen (secondary N) is 1. The number of nitrogens with zero attached hydrogens (tertiary/aromatic N) is 4. The summed E-state index contributed by atoms with van der Waals surface area (Å²) in [5.41, 5.74) is 2.45. The van der Waals surface area contributed by atoms with Gasteiger partial charge in [-0.05, 0) is 42.0 Å². The molecule has 7 nitrogen and oxygen atoms in total. The molecule has 2 heterocycles. The van der Waals surface area contributed by atoms with Crippen molar-refractivity contribution in [3.63, 3.8) is 0 Å². The molecule has 0 bridgehead atoms. The van der Waals surface area contributed by atoms with Gasteiger partial charge in [0.15, 0.2) is 11.0 Å². The predicted molar refractivity (Wildman–Crippen MR) is 130 cm³/mol. The van der Waals surface area contributed by atoms with Gasteiger partial charge in [-0.2, -0.15) is 0 Å². The molecule has 0 aliphatic rings. The van der Waals surface area contributed by atoms with Gasteiger partial charge in [-0.3, -0.25) is 14.3 Å². The van der Waals surface area contributed by atoms with Crippen LogP contribution >= 0.6 is 11.8 Å². The van der Waals surface area contributed by atoms with Gasteiger partial charge in [-0.25, -0.2) is 0 Å². The van der Waals surface area contributed by atoms with Crippen molar-refractivity contribution in [2.75, 3.05) is 12.4 Å². The molecule has 0 aliphatic heterocycles. The first kappa shape index (κ1) is 22.3. The lowest BCUT2D eigenvalue weighted by atomic mass is 10.1. The van der Waals surface area contributed by atoms with E-state index in [2.05, 4.69) is 27.1 Å². The van der Waals surface area contributed by atoms with E-state index in [1.54, 1.807) is 25.6 Å². The standard InChI is InChI=1S/C25H23N5O2S/c1-3-17-30-23(19-13-15-26-16-14-19)28-29-25(30)33-22(18-7-5-4-6-8-18)24(31)27-20-9-11-21(32-2)12-10-20/h3-16,22H,1,17H2,2H3,(H,27,31)/t22-/m1/s1. The molecule has 1 atom stereocenters. The molecular formula is C25H23N5O2S. The van der Waals surface area contributed by atoms with Crippen molar-refractivity contribution in [2.24, 2.45) is 0 Å². The Morgan fingerprint density at radius 1 is 1.09 bits per heavy atom. The van der Waals surface area contributed by atoms with Crippen LogP contribution < -0.4 is 10.1 Å². The Balaban J connectivity index is 1.65. The zero-order chi connectivity index (χ0) is 23.0. The average Bonchev–Trinajstić information content (AvgIpc) is 3.26. The third-order valence-electron chi connectivity index (χ3n) is 4.89. The van der Waals surface area contributed by atoms with Crippen LogP contribution in [0.2, 0.25) is 0 Å². The quantitative estimate of drug-likeness (QED) is 0.281. The van der Waals surface area contributed by atoms with E-state index >= 15 is 0 Å². The maximum Gasteiger partial charge on any atom is 0.242 e. The number of methoxy groups -OCH3 is 1. The van der Waals surface area contributed by atoms with Gasteiger partial charge >= 0.3 is 0 Å². The van der Waals surface area contributed by atoms with Crippen LogP contribution in [0.5, 0.6) is 5.75 Å². The molecule has 0 spiro atoms. The molecule has 0 aliphatic carbocycles. The SMILES string of the molecule is C=CCn1c(S[C@@H](C(=O)Nc2ccc(OC)cc2)c2ccccc2)nnc1-c1ccncc1. The summed E-state index contributed by atoms with van der Waals surface area (Å²) in [7, 11) is 1.61. The van der Waals surface area contributed by atoms with E-state index in [4.69, 9.17) is 4.74 Å². The Morgan fingerprint density at radius 3 is 2.48 bits per heavy atom. The van der Waals surface area contributed by atoms with E-state index in [0.29, 0.717) is 23.2 Å². The lowest BCUT2D eigenvalue weighted by Crippen LogP contribution is -2.19. The summed E-state index contributed by atoms with van der Waals surface area (Å²) in [5, 5.41) is 11.9. The third kappa shape index (κ3) is 5.30. The molecule has 2 aromatic heterocycles. The fraction of sp³-hybridized carbons (Fsp3) is 0.120. The van der Waals surface area contributed by atoms with E-state index in [0.717, 1.165) is 16.9 Å². The number of anilines is 1. The Hall–Kier alpha value is -3.91. The molecule has 166 valence electrons. The molecular weight excluding hydrogens is 434 g/mol. The van der Waals surface area contributed by atoms with Crippen molar-refractivity contribution in [2.45, 2.75) is 17.0 Å². The Labute approximate surface area is 196 Å². The maximum atomic E-state index is 13.4. The molecule has 2 aromatic carbocycles. The lowest BCUT2D eigenvalue weighted by Gasteiger charge is -2.17. The van der Waals surface area contributed by atoms with Crippen LogP contribution in [0.15, 0.2) is 96.9 Å². The van der Waals surface area contributed by atoms with Crippen LogP contribution in [0.3, 0.4) is 0 Å². The normalized spacial score (nSPS) is 11.5. The minimum atomic E-state index is -0.536. The van der Waals surface area contributed by atoms with Crippen LogP contribution in [0.1, 0.15) is 10.8 Å². The summed E-state index contributed by atoms with van der Waals surface area (Å²) < 4.78 is 7.15. The Bertz CT molecular complexity index is 1210. The van der Waals surface area contributed by atoms with E-state index in [9.17, 15) is 4.79 Å². The number of rotatable bonds is 9. The molecule has 0 radical (unpaired) electrons. The highest BCUT2D eigenvalue weighted by molar-refractivity contribution is 8.00. The number of pyridine rings is 1. The number of amides is 1. The third-order valence-corrected chi connectivity index (χ3v) is 6.12. The highest BCUT2D eigenvalue weighted by Crippen LogP contribution is 2.37. The van der Waals surface area contributed by atoms with E-state index in [1.165, 1.54) is 11.8 Å². The second-order valence-corrected chi connectivity index (χ2v) is 8.14. The van der Waals surface area contributed by atoms with Crippen LogP contribution in [0.4, 0.5) is 5.69 Å².